The third kappa shape index (κ3) is 3.24. The monoisotopic (exact) mass is 223 g/mol. The molecule has 0 aromatic heterocycles. The quantitative estimate of drug-likeness (QED) is 0.775. The van der Waals surface area contributed by atoms with E-state index in [0.717, 1.165) is 5.56 Å². The Morgan fingerprint density at radius 2 is 1.94 bits per heavy atom. The van der Waals surface area contributed by atoms with Crippen molar-refractivity contribution >= 4 is 5.97 Å². The maximum Gasteiger partial charge on any atom is 0.323 e. The fourth-order valence-corrected chi connectivity index (χ4v) is 1.47. The first-order valence-corrected chi connectivity index (χ1v) is 5.06. The number of nitrogens with zero attached hydrogens (tertiary/aromatic N) is 1. The van der Waals surface area contributed by atoms with Crippen LogP contribution in [0.5, 0.6) is 5.75 Å². The van der Waals surface area contributed by atoms with Crippen molar-refractivity contribution in [3.05, 3.63) is 29.8 Å². The molecule has 0 aliphatic heterocycles. The molecule has 0 aliphatic carbocycles. The topological polar surface area (TPSA) is 49.8 Å². The van der Waals surface area contributed by atoms with Gasteiger partial charge in [-0.1, -0.05) is 12.1 Å². The number of hydrogen-bond donors (Lipinski definition) is 1. The predicted octanol–water partition coefficient (Wildman–Crippen LogP) is 1.04. The van der Waals surface area contributed by atoms with E-state index in [1.807, 2.05) is 19.0 Å². The van der Waals surface area contributed by atoms with Gasteiger partial charge in [0.05, 0.1) is 7.11 Å². The molecule has 88 valence electrons. The fourth-order valence-electron chi connectivity index (χ4n) is 1.47. The van der Waals surface area contributed by atoms with Crippen LogP contribution >= 0.6 is 0 Å². The molecule has 1 aromatic rings. The zero-order valence-corrected chi connectivity index (χ0v) is 9.80. The summed E-state index contributed by atoms with van der Waals surface area (Å²) in [5.41, 5.74) is 0.988. The molecule has 4 heteroatoms. The second-order valence-corrected chi connectivity index (χ2v) is 3.87. The zero-order valence-electron chi connectivity index (χ0n) is 9.80. The lowest BCUT2D eigenvalue weighted by Gasteiger charge is -2.21. The minimum absolute atomic E-state index is 0.225. The molecule has 0 fully saturated rings. The molecule has 0 aliphatic rings. The average molecular weight is 223 g/mol. The van der Waals surface area contributed by atoms with Crippen molar-refractivity contribution < 1.29 is 14.6 Å². The Kier molecular flexibility index (Phi) is 4.31. The van der Waals surface area contributed by atoms with E-state index >= 15 is 0 Å². The zero-order chi connectivity index (χ0) is 12.1. The summed E-state index contributed by atoms with van der Waals surface area (Å²) >= 11 is 0. The van der Waals surface area contributed by atoms with E-state index in [2.05, 4.69) is 0 Å². The van der Waals surface area contributed by atoms with Gasteiger partial charge in [0.15, 0.2) is 0 Å². The molecule has 0 spiro atoms. The molecule has 16 heavy (non-hydrogen) atoms. The summed E-state index contributed by atoms with van der Waals surface area (Å²) in [7, 11) is 5.06. The number of esters is 1. The highest BCUT2D eigenvalue weighted by atomic mass is 16.5. The third-order valence-electron chi connectivity index (χ3n) is 2.46. The van der Waals surface area contributed by atoms with Gasteiger partial charge in [-0.25, -0.2) is 0 Å². The molecule has 0 saturated heterocycles. The first kappa shape index (κ1) is 12.5. The van der Waals surface area contributed by atoms with Crippen molar-refractivity contribution in [2.45, 2.75) is 12.5 Å². The highest BCUT2D eigenvalue weighted by Gasteiger charge is 2.21. The highest BCUT2D eigenvalue weighted by Crippen LogP contribution is 2.13. The van der Waals surface area contributed by atoms with Gasteiger partial charge in [-0.15, -0.1) is 0 Å². The summed E-state index contributed by atoms with van der Waals surface area (Å²) in [6.07, 6.45) is 0.569. The lowest BCUT2D eigenvalue weighted by Crippen LogP contribution is -2.38. The molecule has 1 atom stereocenters. The molecule has 4 nitrogen and oxygen atoms in total. The van der Waals surface area contributed by atoms with Gasteiger partial charge in [-0.2, -0.15) is 0 Å². The third-order valence-corrected chi connectivity index (χ3v) is 2.46. The summed E-state index contributed by atoms with van der Waals surface area (Å²) in [6.45, 7) is 0. The van der Waals surface area contributed by atoms with Gasteiger partial charge in [0.1, 0.15) is 11.8 Å². The van der Waals surface area contributed by atoms with Gasteiger partial charge >= 0.3 is 5.97 Å². The molecular weight excluding hydrogens is 206 g/mol. The van der Waals surface area contributed by atoms with Crippen LogP contribution in [0.3, 0.4) is 0 Å². The molecular formula is C12H17NO3. The number of aromatic hydroxyl groups is 1. The number of carbonyl (C=O) groups excluding carboxylic acids is 1. The molecule has 1 aromatic carbocycles. The Balaban J connectivity index is 2.75. The van der Waals surface area contributed by atoms with E-state index in [9.17, 15) is 4.79 Å². The number of carbonyl (C=O) groups is 1. The number of benzene rings is 1. The standard InChI is InChI=1S/C12H17NO3/c1-13(2)11(12(15)16-3)8-9-4-6-10(14)7-5-9/h4-7,11,14H,8H2,1-3H3. The van der Waals surface area contributed by atoms with E-state index in [1.165, 1.54) is 7.11 Å². The number of methoxy groups -OCH3 is 1. The van der Waals surface area contributed by atoms with E-state index in [0.29, 0.717) is 6.42 Å². The first-order chi connectivity index (χ1) is 7.54. The molecule has 0 bridgehead atoms. The van der Waals surface area contributed by atoms with E-state index < -0.39 is 0 Å². The van der Waals surface area contributed by atoms with Gasteiger partial charge in [0.2, 0.25) is 0 Å². The molecule has 1 rings (SSSR count). The lowest BCUT2D eigenvalue weighted by molar-refractivity contribution is -0.145. The second kappa shape index (κ2) is 5.51. The molecule has 0 radical (unpaired) electrons. The molecule has 0 amide bonds. The Labute approximate surface area is 95.5 Å². The number of phenols is 1. The van der Waals surface area contributed by atoms with Crippen molar-refractivity contribution in [3.63, 3.8) is 0 Å². The summed E-state index contributed by atoms with van der Waals surface area (Å²) in [5.74, 6) is -0.0266. The molecule has 1 unspecified atom stereocenters. The number of hydrogen-bond acceptors (Lipinski definition) is 4. The number of rotatable bonds is 4. The average Bonchev–Trinajstić information content (AvgIpc) is 2.27. The van der Waals surface area contributed by atoms with Crippen LogP contribution in [0, 0.1) is 0 Å². The summed E-state index contributed by atoms with van der Waals surface area (Å²) in [6, 6.07) is 6.52. The minimum atomic E-state index is -0.297. The lowest BCUT2D eigenvalue weighted by atomic mass is 10.1. The summed E-state index contributed by atoms with van der Waals surface area (Å²) < 4.78 is 4.74. The Bertz CT molecular complexity index is 346. The summed E-state index contributed by atoms with van der Waals surface area (Å²) in [5, 5.41) is 9.15. The molecule has 0 heterocycles. The van der Waals surface area contributed by atoms with Crippen LogP contribution in [0.15, 0.2) is 24.3 Å². The molecule has 0 saturated carbocycles. The Morgan fingerprint density at radius 1 is 1.38 bits per heavy atom. The number of phenolic OH excluding ortho intramolecular Hbond substituents is 1. The minimum Gasteiger partial charge on any atom is -0.508 e. The van der Waals surface area contributed by atoms with Gasteiger partial charge in [-0.05, 0) is 38.2 Å². The van der Waals surface area contributed by atoms with Crippen molar-refractivity contribution in [3.8, 4) is 5.75 Å². The number of likely N-dealkylation sites (N-methyl/N-ethyl adjacent to an activating group) is 1. The molecule has 1 N–H and O–H groups in total. The van der Waals surface area contributed by atoms with Gasteiger partial charge in [0, 0.05) is 0 Å². The first-order valence-electron chi connectivity index (χ1n) is 5.06. The maximum atomic E-state index is 11.5. The van der Waals surface area contributed by atoms with Crippen LogP contribution in [-0.4, -0.2) is 43.2 Å². The van der Waals surface area contributed by atoms with Crippen LogP contribution < -0.4 is 0 Å². The normalized spacial score (nSPS) is 12.5. The van der Waals surface area contributed by atoms with Gasteiger partial charge < -0.3 is 9.84 Å². The smallest absolute Gasteiger partial charge is 0.323 e. The Morgan fingerprint density at radius 3 is 2.38 bits per heavy atom. The van der Waals surface area contributed by atoms with Crippen LogP contribution in [-0.2, 0) is 16.0 Å². The fraction of sp³-hybridized carbons (Fsp3) is 0.417. The van der Waals surface area contributed by atoms with Crippen LogP contribution in [0.2, 0.25) is 0 Å². The Hall–Kier alpha value is -1.55. The second-order valence-electron chi connectivity index (χ2n) is 3.87. The van der Waals surface area contributed by atoms with Crippen LogP contribution in [0.25, 0.3) is 0 Å². The predicted molar refractivity (Wildman–Crippen MR) is 61.3 cm³/mol. The highest BCUT2D eigenvalue weighted by molar-refractivity contribution is 5.76. The van der Waals surface area contributed by atoms with Crippen molar-refractivity contribution in [2.75, 3.05) is 21.2 Å². The van der Waals surface area contributed by atoms with Gasteiger partial charge in [0.25, 0.3) is 0 Å². The van der Waals surface area contributed by atoms with Crippen molar-refractivity contribution in [1.29, 1.82) is 0 Å². The van der Waals surface area contributed by atoms with Crippen molar-refractivity contribution in [1.82, 2.24) is 4.90 Å². The van der Waals surface area contributed by atoms with Crippen LogP contribution in [0.1, 0.15) is 5.56 Å². The van der Waals surface area contributed by atoms with E-state index in [-0.39, 0.29) is 17.8 Å². The summed E-state index contributed by atoms with van der Waals surface area (Å²) in [4.78, 5) is 13.3. The van der Waals surface area contributed by atoms with E-state index in [1.54, 1.807) is 24.3 Å². The maximum absolute atomic E-state index is 11.5. The largest absolute Gasteiger partial charge is 0.508 e. The SMILES string of the molecule is COC(=O)C(Cc1ccc(O)cc1)N(C)C. The van der Waals surface area contributed by atoms with E-state index in [4.69, 9.17) is 9.84 Å². The number of ether oxygens (including phenoxy) is 1. The van der Waals surface area contributed by atoms with Crippen molar-refractivity contribution in [2.24, 2.45) is 0 Å². The van der Waals surface area contributed by atoms with Crippen LogP contribution in [0.4, 0.5) is 0 Å². The van der Waals surface area contributed by atoms with Gasteiger partial charge in [-0.3, -0.25) is 9.69 Å².